The van der Waals surface area contributed by atoms with Gasteiger partial charge in [0.2, 0.25) is 5.91 Å². The first-order valence-corrected chi connectivity index (χ1v) is 16.7. The second-order valence-electron chi connectivity index (χ2n) is 12.4. The number of hydrogen-bond donors (Lipinski definition) is 2. The van der Waals surface area contributed by atoms with Crippen molar-refractivity contribution in [2.24, 2.45) is 11.8 Å². The van der Waals surface area contributed by atoms with Crippen molar-refractivity contribution >= 4 is 23.8 Å². The zero-order valence-corrected chi connectivity index (χ0v) is 28.4. The Kier molecular flexibility index (Phi) is 17.7. The molecular weight excluding hydrogens is 584 g/mol. The zero-order chi connectivity index (χ0) is 33.9. The number of benzene rings is 2. The zero-order valence-electron chi connectivity index (χ0n) is 28.4. The normalized spacial score (nSPS) is 13.1. The summed E-state index contributed by atoms with van der Waals surface area (Å²) in [5, 5.41) is 12.0. The summed E-state index contributed by atoms with van der Waals surface area (Å²) < 4.78 is 10.0. The molecule has 9 heteroatoms. The van der Waals surface area contributed by atoms with Crippen molar-refractivity contribution in [3.05, 3.63) is 70.8 Å². The molecule has 0 radical (unpaired) electrons. The highest BCUT2D eigenvalue weighted by Gasteiger charge is 2.18. The molecule has 0 spiro atoms. The Morgan fingerprint density at radius 1 is 0.739 bits per heavy atom. The number of esters is 2. The van der Waals surface area contributed by atoms with E-state index in [4.69, 9.17) is 14.6 Å². The van der Waals surface area contributed by atoms with Gasteiger partial charge in [-0.1, -0.05) is 75.2 Å². The summed E-state index contributed by atoms with van der Waals surface area (Å²) in [6.45, 7) is 11.6. The fraction of sp³-hybridized carbons (Fsp3) is 0.568. The molecule has 2 aromatic carbocycles. The number of ether oxygens (including phenoxy) is 2. The van der Waals surface area contributed by atoms with E-state index in [1.807, 2.05) is 43.3 Å². The Hall–Kier alpha value is -3.72. The van der Waals surface area contributed by atoms with Crippen LogP contribution in [-0.2, 0) is 47.9 Å². The molecule has 254 valence electrons. The van der Waals surface area contributed by atoms with Crippen LogP contribution in [0.2, 0.25) is 0 Å². The maximum atomic E-state index is 12.8. The molecule has 0 bridgehead atoms. The van der Waals surface area contributed by atoms with E-state index >= 15 is 0 Å². The number of amides is 1. The number of carbonyl (C=O) groups excluding carboxylic acids is 3. The number of carboxylic acid groups (broad SMARTS) is 1. The van der Waals surface area contributed by atoms with Gasteiger partial charge in [0.05, 0.1) is 38.6 Å². The topological polar surface area (TPSA) is 122 Å². The molecule has 2 aromatic rings. The molecule has 0 saturated carbocycles. The van der Waals surface area contributed by atoms with Crippen LogP contribution in [0.4, 0.5) is 0 Å². The van der Waals surface area contributed by atoms with Crippen molar-refractivity contribution < 1.29 is 33.8 Å². The van der Waals surface area contributed by atoms with E-state index in [1.54, 1.807) is 18.7 Å². The summed E-state index contributed by atoms with van der Waals surface area (Å²) in [6.07, 6.45) is 5.71. The lowest BCUT2D eigenvalue weighted by molar-refractivity contribution is -0.148. The van der Waals surface area contributed by atoms with Gasteiger partial charge in [0.25, 0.3) is 0 Å². The summed E-state index contributed by atoms with van der Waals surface area (Å²) in [7, 11) is 0. The SMILES string of the molecule is CCOC(=O)CN(CCCCNC(=O)[C@@H](C)c1ccc(CC(C)CCC(C)Cc2ccc(CC(=O)O)cc2)cc1)CC(=O)OCC. The molecule has 0 aromatic heterocycles. The molecule has 0 saturated heterocycles. The van der Waals surface area contributed by atoms with Gasteiger partial charge in [-0.05, 0) is 87.1 Å². The standard InChI is InChI=1S/C37H54N2O7/c1-6-45-35(42)25-39(26-36(43)46-7-2)21-9-8-20-38-37(44)29(5)33-18-16-31(17-19-33)23-28(4)11-10-27(3)22-30-12-14-32(15-13-30)24-34(40)41/h12-19,27-29H,6-11,20-26H2,1-5H3,(H,38,44)(H,40,41)/t27?,28?,29-/m0/s1. The van der Waals surface area contributed by atoms with E-state index < -0.39 is 5.97 Å². The van der Waals surface area contributed by atoms with Crippen molar-refractivity contribution in [1.29, 1.82) is 0 Å². The fourth-order valence-corrected chi connectivity index (χ4v) is 5.46. The van der Waals surface area contributed by atoms with Gasteiger partial charge in [-0.2, -0.15) is 0 Å². The molecule has 1 amide bonds. The first-order valence-electron chi connectivity index (χ1n) is 16.7. The van der Waals surface area contributed by atoms with Crippen molar-refractivity contribution in [3.63, 3.8) is 0 Å². The maximum absolute atomic E-state index is 12.8. The quantitative estimate of drug-likeness (QED) is 0.127. The Morgan fingerprint density at radius 3 is 1.70 bits per heavy atom. The van der Waals surface area contributed by atoms with Crippen molar-refractivity contribution in [2.45, 2.75) is 85.5 Å². The maximum Gasteiger partial charge on any atom is 0.320 e. The molecule has 2 unspecified atom stereocenters. The molecule has 2 N–H and O–H groups in total. The lowest BCUT2D eigenvalue weighted by Crippen LogP contribution is -2.37. The molecule has 46 heavy (non-hydrogen) atoms. The predicted octanol–water partition coefficient (Wildman–Crippen LogP) is 5.58. The van der Waals surface area contributed by atoms with Crippen LogP contribution in [0.25, 0.3) is 0 Å². The van der Waals surface area contributed by atoms with Gasteiger partial charge in [0, 0.05) is 6.54 Å². The molecule has 0 aliphatic carbocycles. The third-order valence-corrected chi connectivity index (χ3v) is 8.09. The highest BCUT2D eigenvalue weighted by molar-refractivity contribution is 5.83. The Balaban J connectivity index is 1.71. The molecule has 3 atom stereocenters. The summed E-state index contributed by atoms with van der Waals surface area (Å²) in [4.78, 5) is 49.2. The van der Waals surface area contributed by atoms with Gasteiger partial charge in [0.15, 0.2) is 0 Å². The van der Waals surface area contributed by atoms with Gasteiger partial charge in [0.1, 0.15) is 0 Å². The third kappa shape index (κ3) is 15.5. The van der Waals surface area contributed by atoms with Crippen LogP contribution < -0.4 is 5.32 Å². The van der Waals surface area contributed by atoms with Gasteiger partial charge in [-0.3, -0.25) is 24.1 Å². The lowest BCUT2D eigenvalue weighted by Gasteiger charge is -2.20. The van der Waals surface area contributed by atoms with E-state index in [9.17, 15) is 19.2 Å². The lowest BCUT2D eigenvalue weighted by atomic mass is 9.89. The largest absolute Gasteiger partial charge is 0.481 e. The minimum absolute atomic E-state index is 0.0255. The van der Waals surface area contributed by atoms with Gasteiger partial charge >= 0.3 is 17.9 Å². The monoisotopic (exact) mass is 638 g/mol. The van der Waals surface area contributed by atoms with E-state index in [2.05, 4.69) is 31.3 Å². The average Bonchev–Trinajstić information content (AvgIpc) is 3.00. The third-order valence-electron chi connectivity index (χ3n) is 8.09. The highest BCUT2D eigenvalue weighted by Crippen LogP contribution is 2.22. The summed E-state index contributed by atoms with van der Waals surface area (Å²) in [6, 6.07) is 16.3. The number of unbranched alkanes of at least 4 members (excludes halogenated alkanes) is 1. The highest BCUT2D eigenvalue weighted by atomic mass is 16.5. The second-order valence-corrected chi connectivity index (χ2v) is 12.4. The number of carbonyl (C=O) groups is 4. The van der Waals surface area contributed by atoms with E-state index in [0.717, 1.165) is 43.2 Å². The molecular formula is C37H54N2O7. The molecule has 9 nitrogen and oxygen atoms in total. The number of rotatable bonds is 22. The molecule has 0 heterocycles. The molecule has 0 fully saturated rings. The van der Waals surface area contributed by atoms with Crippen LogP contribution in [-0.4, -0.2) is 73.2 Å². The van der Waals surface area contributed by atoms with Crippen molar-refractivity contribution in [1.82, 2.24) is 10.2 Å². The first kappa shape index (κ1) is 38.5. The Morgan fingerprint density at radius 2 is 1.22 bits per heavy atom. The van der Waals surface area contributed by atoms with Gasteiger partial charge in [-0.25, -0.2) is 0 Å². The van der Waals surface area contributed by atoms with E-state index in [0.29, 0.717) is 31.3 Å². The number of hydrogen-bond acceptors (Lipinski definition) is 7. The van der Waals surface area contributed by atoms with Crippen LogP contribution in [0.15, 0.2) is 48.5 Å². The van der Waals surface area contributed by atoms with E-state index in [-0.39, 0.29) is 56.5 Å². The first-order chi connectivity index (χ1) is 22.0. The molecule has 0 aliphatic heterocycles. The number of carboxylic acids is 1. The van der Waals surface area contributed by atoms with Crippen LogP contribution >= 0.6 is 0 Å². The van der Waals surface area contributed by atoms with Crippen molar-refractivity contribution in [2.75, 3.05) is 39.4 Å². The molecule has 2 rings (SSSR count). The molecule has 0 aliphatic rings. The summed E-state index contributed by atoms with van der Waals surface area (Å²) in [5.41, 5.74) is 4.32. The summed E-state index contributed by atoms with van der Waals surface area (Å²) in [5.74, 6) is -0.772. The van der Waals surface area contributed by atoms with Crippen LogP contribution in [0.3, 0.4) is 0 Å². The minimum Gasteiger partial charge on any atom is -0.481 e. The predicted molar refractivity (Wildman–Crippen MR) is 180 cm³/mol. The van der Waals surface area contributed by atoms with Crippen molar-refractivity contribution in [3.8, 4) is 0 Å². The number of aliphatic carboxylic acids is 1. The number of nitrogens with one attached hydrogen (secondary N) is 1. The average molecular weight is 639 g/mol. The van der Waals surface area contributed by atoms with Crippen LogP contribution in [0.5, 0.6) is 0 Å². The summed E-state index contributed by atoms with van der Waals surface area (Å²) >= 11 is 0. The number of nitrogens with zero attached hydrogens (tertiary/aromatic N) is 1. The smallest absolute Gasteiger partial charge is 0.320 e. The van der Waals surface area contributed by atoms with Gasteiger partial charge < -0.3 is 19.9 Å². The van der Waals surface area contributed by atoms with Crippen LogP contribution in [0.1, 0.15) is 88.5 Å². The minimum atomic E-state index is -0.809. The Labute approximate surface area is 275 Å². The van der Waals surface area contributed by atoms with Crippen LogP contribution in [0, 0.1) is 11.8 Å². The van der Waals surface area contributed by atoms with Gasteiger partial charge in [-0.15, -0.1) is 0 Å². The fourth-order valence-electron chi connectivity index (χ4n) is 5.46. The Bertz CT molecular complexity index is 1190. The van der Waals surface area contributed by atoms with E-state index in [1.165, 1.54) is 11.1 Å². The second kappa shape index (κ2) is 21.1.